The highest BCUT2D eigenvalue weighted by Gasteiger charge is 2.15. The Hall–Kier alpha value is -0.880. The average Bonchev–Trinajstić information content (AvgIpc) is 2.92. The molecule has 0 bridgehead atoms. The molecule has 6 heteroatoms. The number of unbranched alkanes of at least 4 members (excludes halogenated alkanes) is 3. The van der Waals surface area contributed by atoms with E-state index in [1.54, 1.807) is 0 Å². The summed E-state index contributed by atoms with van der Waals surface area (Å²) >= 11 is 5.07. The number of hydrazine groups is 1. The van der Waals surface area contributed by atoms with Crippen LogP contribution >= 0.6 is 12.2 Å². The summed E-state index contributed by atoms with van der Waals surface area (Å²) in [5, 5.41) is 3.48. The van der Waals surface area contributed by atoms with Crippen LogP contribution in [0.1, 0.15) is 51.9 Å². The minimum atomic E-state index is -0.0163. The van der Waals surface area contributed by atoms with Gasteiger partial charge < -0.3 is 10.1 Å². The van der Waals surface area contributed by atoms with Gasteiger partial charge in [-0.05, 0) is 31.5 Å². The summed E-state index contributed by atoms with van der Waals surface area (Å²) in [6, 6.07) is 0. The van der Waals surface area contributed by atoms with Gasteiger partial charge in [0.1, 0.15) is 0 Å². The van der Waals surface area contributed by atoms with Gasteiger partial charge in [-0.15, -0.1) is 0 Å². The summed E-state index contributed by atoms with van der Waals surface area (Å²) in [6.45, 7) is 3.68. The normalized spacial score (nSPS) is 18.1. The van der Waals surface area contributed by atoms with Crippen molar-refractivity contribution in [2.45, 2.75) is 58.0 Å². The maximum absolute atomic E-state index is 11.5. The van der Waals surface area contributed by atoms with Gasteiger partial charge in [0.15, 0.2) is 5.11 Å². The topological polar surface area (TPSA) is 62.4 Å². The predicted molar refractivity (Wildman–Crippen MR) is 79.6 cm³/mol. The third-order valence-electron chi connectivity index (χ3n) is 3.09. The first kappa shape index (κ1) is 16.2. The summed E-state index contributed by atoms with van der Waals surface area (Å²) in [6.07, 6.45) is 7.36. The van der Waals surface area contributed by atoms with E-state index in [4.69, 9.17) is 17.0 Å². The molecule has 0 spiro atoms. The Kier molecular flexibility index (Phi) is 8.49. The molecule has 5 nitrogen and oxygen atoms in total. The van der Waals surface area contributed by atoms with Gasteiger partial charge in [0.05, 0.1) is 6.10 Å². The Morgan fingerprint density at radius 1 is 1.32 bits per heavy atom. The molecule has 0 aromatic heterocycles. The molecular weight excluding hydrogens is 262 g/mol. The number of carbonyl (C=O) groups excluding carboxylic acids is 1. The fourth-order valence-corrected chi connectivity index (χ4v) is 2.09. The van der Waals surface area contributed by atoms with Crippen molar-refractivity contribution in [2.24, 2.45) is 0 Å². The first-order valence-electron chi connectivity index (χ1n) is 7.16. The van der Waals surface area contributed by atoms with Crippen LogP contribution in [0.25, 0.3) is 0 Å². The molecule has 0 radical (unpaired) electrons. The van der Waals surface area contributed by atoms with Crippen LogP contribution in [0.5, 0.6) is 0 Å². The van der Waals surface area contributed by atoms with Gasteiger partial charge in [-0.3, -0.25) is 15.6 Å². The van der Waals surface area contributed by atoms with Crippen molar-refractivity contribution in [1.82, 2.24) is 16.2 Å². The van der Waals surface area contributed by atoms with Crippen molar-refractivity contribution in [3.05, 3.63) is 0 Å². The maximum Gasteiger partial charge on any atom is 0.238 e. The molecule has 0 unspecified atom stereocenters. The second-order valence-electron chi connectivity index (χ2n) is 4.83. The monoisotopic (exact) mass is 287 g/mol. The SMILES string of the molecule is CCCCCCC(=O)NNC(=S)NC[C@@H]1CCCO1. The van der Waals surface area contributed by atoms with E-state index in [9.17, 15) is 4.79 Å². The average molecular weight is 287 g/mol. The van der Waals surface area contributed by atoms with E-state index in [1.807, 2.05) is 0 Å². The van der Waals surface area contributed by atoms with Crippen LogP contribution in [0, 0.1) is 0 Å². The number of ether oxygens (including phenoxy) is 1. The van der Waals surface area contributed by atoms with Crippen molar-refractivity contribution in [3.63, 3.8) is 0 Å². The van der Waals surface area contributed by atoms with Crippen LogP contribution in [0.4, 0.5) is 0 Å². The van der Waals surface area contributed by atoms with Crippen molar-refractivity contribution < 1.29 is 9.53 Å². The molecular formula is C13H25N3O2S. The van der Waals surface area contributed by atoms with Gasteiger partial charge in [-0.1, -0.05) is 26.2 Å². The summed E-state index contributed by atoms with van der Waals surface area (Å²) in [5.74, 6) is -0.0163. The second kappa shape index (κ2) is 9.97. The van der Waals surface area contributed by atoms with Crippen LogP contribution in [0.2, 0.25) is 0 Å². The van der Waals surface area contributed by atoms with Crippen molar-refractivity contribution >= 4 is 23.2 Å². The standard InChI is InChI=1S/C13H25N3O2S/c1-2-3-4-5-8-12(17)15-16-13(19)14-10-11-7-6-9-18-11/h11H,2-10H2,1H3,(H,15,17)(H2,14,16,19)/t11-/m0/s1. The van der Waals surface area contributed by atoms with Gasteiger partial charge in [0.2, 0.25) is 5.91 Å². The number of hydrogen-bond donors (Lipinski definition) is 3. The van der Waals surface area contributed by atoms with Gasteiger partial charge >= 0.3 is 0 Å². The van der Waals surface area contributed by atoms with Crippen LogP contribution in [0.3, 0.4) is 0 Å². The smallest absolute Gasteiger partial charge is 0.238 e. The number of rotatable bonds is 7. The number of thiocarbonyl (C=S) groups is 1. The van der Waals surface area contributed by atoms with Gasteiger partial charge in [-0.25, -0.2) is 0 Å². The van der Waals surface area contributed by atoms with E-state index in [2.05, 4.69) is 23.1 Å². The third kappa shape index (κ3) is 8.00. The number of carbonyl (C=O) groups is 1. The number of amides is 1. The summed E-state index contributed by atoms with van der Waals surface area (Å²) in [5.41, 5.74) is 5.31. The Bertz CT molecular complexity index is 281. The quantitative estimate of drug-likeness (QED) is 0.377. The van der Waals surface area contributed by atoms with Gasteiger partial charge in [0, 0.05) is 19.6 Å². The Morgan fingerprint density at radius 3 is 2.84 bits per heavy atom. The largest absolute Gasteiger partial charge is 0.376 e. The van der Waals surface area contributed by atoms with E-state index in [1.165, 1.54) is 12.8 Å². The molecule has 110 valence electrons. The highest BCUT2D eigenvalue weighted by atomic mass is 32.1. The highest BCUT2D eigenvalue weighted by molar-refractivity contribution is 7.80. The lowest BCUT2D eigenvalue weighted by atomic mass is 10.1. The fraction of sp³-hybridized carbons (Fsp3) is 0.846. The highest BCUT2D eigenvalue weighted by Crippen LogP contribution is 2.10. The predicted octanol–water partition coefficient (Wildman–Crippen LogP) is 1.63. The van der Waals surface area contributed by atoms with Crippen molar-refractivity contribution in [1.29, 1.82) is 0 Å². The molecule has 0 aromatic rings. The van der Waals surface area contributed by atoms with Gasteiger partial charge in [-0.2, -0.15) is 0 Å². The Labute approximate surface area is 120 Å². The fourth-order valence-electron chi connectivity index (χ4n) is 1.96. The molecule has 1 aliphatic heterocycles. The van der Waals surface area contributed by atoms with Crippen LogP contribution in [-0.2, 0) is 9.53 Å². The van der Waals surface area contributed by atoms with E-state index in [0.717, 1.165) is 32.3 Å². The van der Waals surface area contributed by atoms with E-state index in [0.29, 0.717) is 18.1 Å². The lowest BCUT2D eigenvalue weighted by molar-refractivity contribution is -0.121. The zero-order valence-electron chi connectivity index (χ0n) is 11.7. The summed E-state index contributed by atoms with van der Waals surface area (Å²) in [4.78, 5) is 11.5. The lowest BCUT2D eigenvalue weighted by Gasteiger charge is -2.14. The molecule has 0 aliphatic carbocycles. The second-order valence-corrected chi connectivity index (χ2v) is 5.24. The Balaban J connectivity index is 1.97. The van der Waals surface area contributed by atoms with E-state index in [-0.39, 0.29) is 12.0 Å². The molecule has 1 heterocycles. The molecule has 1 amide bonds. The maximum atomic E-state index is 11.5. The van der Waals surface area contributed by atoms with Crippen LogP contribution in [-0.4, -0.2) is 30.3 Å². The van der Waals surface area contributed by atoms with Crippen molar-refractivity contribution in [3.8, 4) is 0 Å². The zero-order chi connectivity index (χ0) is 13.9. The molecule has 1 saturated heterocycles. The Morgan fingerprint density at radius 2 is 2.16 bits per heavy atom. The molecule has 1 aliphatic rings. The number of nitrogens with one attached hydrogen (secondary N) is 3. The van der Waals surface area contributed by atoms with E-state index < -0.39 is 0 Å². The summed E-state index contributed by atoms with van der Waals surface area (Å²) < 4.78 is 5.47. The third-order valence-corrected chi connectivity index (χ3v) is 3.33. The van der Waals surface area contributed by atoms with Crippen molar-refractivity contribution in [2.75, 3.05) is 13.2 Å². The molecule has 3 N–H and O–H groups in total. The summed E-state index contributed by atoms with van der Waals surface area (Å²) in [7, 11) is 0. The minimum absolute atomic E-state index is 0.0163. The molecule has 1 atom stereocenters. The molecule has 0 saturated carbocycles. The lowest BCUT2D eigenvalue weighted by Crippen LogP contribution is -2.48. The molecule has 0 aromatic carbocycles. The zero-order valence-corrected chi connectivity index (χ0v) is 12.5. The molecule has 1 fully saturated rings. The number of hydrogen-bond acceptors (Lipinski definition) is 3. The van der Waals surface area contributed by atoms with E-state index >= 15 is 0 Å². The molecule has 19 heavy (non-hydrogen) atoms. The minimum Gasteiger partial charge on any atom is -0.376 e. The first-order valence-corrected chi connectivity index (χ1v) is 7.57. The first-order chi connectivity index (χ1) is 9.22. The van der Waals surface area contributed by atoms with Crippen LogP contribution < -0.4 is 16.2 Å². The molecule has 1 rings (SSSR count). The van der Waals surface area contributed by atoms with Gasteiger partial charge in [0.25, 0.3) is 0 Å². The van der Waals surface area contributed by atoms with Crippen LogP contribution in [0.15, 0.2) is 0 Å².